The molecule has 174 valence electrons. The van der Waals surface area contributed by atoms with E-state index >= 15 is 0 Å². The molecule has 1 amide bonds. The van der Waals surface area contributed by atoms with E-state index in [0.29, 0.717) is 42.5 Å². The number of aromatic nitrogens is 1. The molecule has 3 aromatic rings. The van der Waals surface area contributed by atoms with Crippen LogP contribution < -0.4 is 19.5 Å². The molecule has 33 heavy (non-hydrogen) atoms. The standard InChI is InChI=1S/C26H31N3O4/c1-29(2)15-14-27-26(30)21-8-5-7-20(18-21)22-9-6-10-25(28-22)33-16-13-19-11-12-23(31-3)24(17-19)32-4/h5-12,17-18H,13-16H2,1-4H3,(H,27,30). The van der Waals surface area contributed by atoms with Gasteiger partial charge in [-0.3, -0.25) is 4.79 Å². The van der Waals surface area contributed by atoms with Crippen molar-refractivity contribution in [3.05, 3.63) is 71.8 Å². The van der Waals surface area contributed by atoms with Crippen LogP contribution in [0.15, 0.2) is 60.7 Å². The van der Waals surface area contributed by atoms with Gasteiger partial charge in [0, 0.05) is 36.7 Å². The van der Waals surface area contributed by atoms with Crippen LogP contribution in [-0.4, -0.2) is 63.8 Å². The van der Waals surface area contributed by atoms with Crippen molar-refractivity contribution in [3.8, 4) is 28.6 Å². The highest BCUT2D eigenvalue weighted by molar-refractivity contribution is 5.95. The van der Waals surface area contributed by atoms with E-state index in [4.69, 9.17) is 14.2 Å². The fraction of sp³-hybridized carbons (Fsp3) is 0.308. The van der Waals surface area contributed by atoms with E-state index in [1.165, 1.54) is 0 Å². The number of rotatable bonds is 11. The number of likely N-dealkylation sites (N-methyl/N-ethyl adjacent to an activating group) is 1. The molecule has 0 aliphatic heterocycles. The number of pyridine rings is 1. The molecular formula is C26H31N3O4. The smallest absolute Gasteiger partial charge is 0.251 e. The van der Waals surface area contributed by atoms with Crippen molar-refractivity contribution in [1.29, 1.82) is 0 Å². The number of hydrogen-bond donors (Lipinski definition) is 1. The first-order valence-corrected chi connectivity index (χ1v) is 10.8. The zero-order valence-corrected chi connectivity index (χ0v) is 19.6. The molecule has 0 saturated heterocycles. The van der Waals surface area contributed by atoms with Crippen molar-refractivity contribution in [3.63, 3.8) is 0 Å². The van der Waals surface area contributed by atoms with Crippen LogP contribution in [0.1, 0.15) is 15.9 Å². The van der Waals surface area contributed by atoms with E-state index in [9.17, 15) is 4.79 Å². The third-order valence-electron chi connectivity index (χ3n) is 5.08. The number of amides is 1. The molecule has 0 spiro atoms. The Bertz CT molecular complexity index is 1070. The van der Waals surface area contributed by atoms with Crippen LogP contribution in [0.2, 0.25) is 0 Å². The molecule has 0 saturated carbocycles. The van der Waals surface area contributed by atoms with Crippen LogP contribution in [0.3, 0.4) is 0 Å². The SMILES string of the molecule is COc1ccc(CCOc2cccc(-c3cccc(C(=O)NCCN(C)C)c3)n2)cc1OC. The van der Waals surface area contributed by atoms with E-state index in [2.05, 4.69) is 10.3 Å². The molecule has 3 rings (SSSR count). The van der Waals surface area contributed by atoms with Crippen LogP contribution in [0.25, 0.3) is 11.3 Å². The Labute approximate surface area is 195 Å². The first-order chi connectivity index (χ1) is 16.0. The van der Waals surface area contributed by atoms with E-state index in [-0.39, 0.29) is 5.91 Å². The molecule has 2 aromatic carbocycles. The lowest BCUT2D eigenvalue weighted by molar-refractivity contribution is 0.0951. The largest absolute Gasteiger partial charge is 0.493 e. The fourth-order valence-corrected chi connectivity index (χ4v) is 3.28. The summed E-state index contributed by atoms with van der Waals surface area (Å²) in [5.41, 5.74) is 3.30. The van der Waals surface area contributed by atoms with Crippen LogP contribution in [0, 0.1) is 0 Å². The fourth-order valence-electron chi connectivity index (χ4n) is 3.28. The van der Waals surface area contributed by atoms with Gasteiger partial charge < -0.3 is 24.4 Å². The van der Waals surface area contributed by atoms with E-state index < -0.39 is 0 Å². The monoisotopic (exact) mass is 449 g/mol. The van der Waals surface area contributed by atoms with Crippen molar-refractivity contribution in [2.24, 2.45) is 0 Å². The van der Waals surface area contributed by atoms with E-state index in [1.54, 1.807) is 20.3 Å². The maximum Gasteiger partial charge on any atom is 0.251 e. The summed E-state index contributed by atoms with van der Waals surface area (Å²) in [6, 6.07) is 18.9. The Morgan fingerprint density at radius 2 is 1.76 bits per heavy atom. The second kappa shape index (κ2) is 11.9. The Kier molecular flexibility index (Phi) is 8.66. The van der Waals surface area contributed by atoms with Crippen LogP contribution in [-0.2, 0) is 6.42 Å². The predicted octanol–water partition coefficient (Wildman–Crippen LogP) is 3.68. The summed E-state index contributed by atoms with van der Waals surface area (Å²) in [5.74, 6) is 1.83. The van der Waals surface area contributed by atoms with E-state index in [1.807, 2.05) is 73.6 Å². The number of ether oxygens (including phenoxy) is 3. The van der Waals surface area contributed by atoms with Crippen LogP contribution in [0.4, 0.5) is 0 Å². The lowest BCUT2D eigenvalue weighted by atomic mass is 10.1. The molecule has 0 bridgehead atoms. The van der Waals surface area contributed by atoms with Gasteiger partial charge in [-0.05, 0) is 50.0 Å². The summed E-state index contributed by atoms with van der Waals surface area (Å²) in [6.45, 7) is 1.85. The minimum absolute atomic E-state index is 0.0963. The molecule has 0 atom stereocenters. The molecule has 7 nitrogen and oxygen atoms in total. The number of benzene rings is 2. The Hall–Kier alpha value is -3.58. The average molecular weight is 450 g/mol. The lowest BCUT2D eigenvalue weighted by Gasteiger charge is -2.11. The predicted molar refractivity (Wildman–Crippen MR) is 129 cm³/mol. The number of methoxy groups -OCH3 is 2. The number of nitrogens with one attached hydrogen (secondary N) is 1. The van der Waals surface area contributed by atoms with Gasteiger partial charge in [-0.15, -0.1) is 0 Å². The summed E-state index contributed by atoms with van der Waals surface area (Å²) in [6.07, 6.45) is 0.703. The van der Waals surface area contributed by atoms with Gasteiger partial charge >= 0.3 is 0 Å². The zero-order chi connectivity index (χ0) is 23.6. The van der Waals surface area contributed by atoms with Gasteiger partial charge in [-0.1, -0.05) is 24.3 Å². The minimum Gasteiger partial charge on any atom is -0.493 e. The van der Waals surface area contributed by atoms with Gasteiger partial charge in [0.2, 0.25) is 5.88 Å². The summed E-state index contributed by atoms with van der Waals surface area (Å²) in [5, 5.41) is 2.94. The summed E-state index contributed by atoms with van der Waals surface area (Å²) >= 11 is 0. The molecule has 1 N–H and O–H groups in total. The molecular weight excluding hydrogens is 418 g/mol. The minimum atomic E-state index is -0.0963. The van der Waals surface area contributed by atoms with Gasteiger partial charge in [0.25, 0.3) is 5.91 Å². The maximum atomic E-state index is 12.4. The molecule has 7 heteroatoms. The van der Waals surface area contributed by atoms with Crippen molar-refractivity contribution in [2.45, 2.75) is 6.42 Å². The highest BCUT2D eigenvalue weighted by atomic mass is 16.5. The van der Waals surface area contributed by atoms with Crippen LogP contribution in [0.5, 0.6) is 17.4 Å². The molecule has 0 fully saturated rings. The Morgan fingerprint density at radius 1 is 0.970 bits per heavy atom. The van der Waals surface area contributed by atoms with Crippen molar-refractivity contribution >= 4 is 5.91 Å². The molecule has 1 aromatic heterocycles. The molecule has 0 aliphatic carbocycles. The Balaban J connectivity index is 1.62. The summed E-state index contributed by atoms with van der Waals surface area (Å²) in [7, 11) is 7.19. The van der Waals surface area contributed by atoms with Gasteiger partial charge in [-0.25, -0.2) is 4.98 Å². The quantitative estimate of drug-likeness (QED) is 0.482. The van der Waals surface area contributed by atoms with Gasteiger partial charge in [0.05, 0.1) is 26.5 Å². The second-order valence-electron chi connectivity index (χ2n) is 7.79. The molecule has 0 radical (unpaired) electrons. The second-order valence-corrected chi connectivity index (χ2v) is 7.79. The summed E-state index contributed by atoms with van der Waals surface area (Å²) < 4.78 is 16.5. The van der Waals surface area contributed by atoms with Crippen molar-refractivity contribution in [1.82, 2.24) is 15.2 Å². The topological polar surface area (TPSA) is 72.9 Å². The first kappa shape index (κ1) is 24.1. The first-order valence-electron chi connectivity index (χ1n) is 10.8. The maximum absolute atomic E-state index is 12.4. The number of carbonyl (C=O) groups is 1. The van der Waals surface area contributed by atoms with Crippen LogP contribution >= 0.6 is 0 Å². The zero-order valence-electron chi connectivity index (χ0n) is 19.6. The van der Waals surface area contributed by atoms with Gasteiger partial charge in [0.15, 0.2) is 11.5 Å². The molecule has 0 unspecified atom stereocenters. The number of hydrogen-bond acceptors (Lipinski definition) is 6. The van der Waals surface area contributed by atoms with Crippen molar-refractivity contribution < 1.29 is 19.0 Å². The highest BCUT2D eigenvalue weighted by Gasteiger charge is 2.09. The number of nitrogens with zero attached hydrogens (tertiary/aromatic N) is 2. The normalized spacial score (nSPS) is 10.7. The summed E-state index contributed by atoms with van der Waals surface area (Å²) in [4.78, 5) is 19.1. The van der Waals surface area contributed by atoms with E-state index in [0.717, 1.165) is 23.4 Å². The van der Waals surface area contributed by atoms with Crippen molar-refractivity contribution in [2.75, 3.05) is 48.0 Å². The number of carbonyl (C=O) groups excluding carboxylic acids is 1. The van der Waals surface area contributed by atoms with Gasteiger partial charge in [0.1, 0.15) is 0 Å². The average Bonchev–Trinajstić information content (AvgIpc) is 2.84. The lowest BCUT2D eigenvalue weighted by Crippen LogP contribution is -2.31. The van der Waals surface area contributed by atoms with Gasteiger partial charge in [-0.2, -0.15) is 0 Å². The Morgan fingerprint density at radius 3 is 2.52 bits per heavy atom. The molecule has 1 heterocycles. The highest BCUT2D eigenvalue weighted by Crippen LogP contribution is 2.28. The third-order valence-corrected chi connectivity index (χ3v) is 5.08. The third kappa shape index (κ3) is 6.95. The molecule has 0 aliphatic rings.